The van der Waals surface area contributed by atoms with Crippen molar-refractivity contribution < 1.29 is 10.6 Å². The molecule has 1 saturated heterocycles. The van der Waals surface area contributed by atoms with Crippen molar-refractivity contribution >= 4 is 17.0 Å². The van der Waals surface area contributed by atoms with Gasteiger partial charge in [0.05, 0.1) is 44.1 Å². The Morgan fingerprint density at radius 2 is 1.53 bits per heavy atom. The largest absolute Gasteiger partial charge is 0.349 e. The summed E-state index contributed by atoms with van der Waals surface area (Å²) >= 11 is 0. The van der Waals surface area contributed by atoms with Crippen LogP contribution in [0.1, 0.15) is 24.8 Å². The predicted molar refractivity (Wildman–Crippen MR) is 153 cm³/mol. The molecule has 1 aliphatic carbocycles. The van der Waals surface area contributed by atoms with Crippen LogP contribution in [-0.2, 0) is 5.54 Å². The van der Waals surface area contributed by atoms with Crippen LogP contribution in [0.5, 0.6) is 0 Å². The van der Waals surface area contributed by atoms with Crippen molar-refractivity contribution in [2.24, 2.45) is 0 Å². The third-order valence-corrected chi connectivity index (χ3v) is 8.35. The highest BCUT2D eigenvalue weighted by atomic mass is 15.3. The first-order valence-electron chi connectivity index (χ1n) is 13.9. The normalized spacial score (nSPS) is 17.6. The standard InChI is InChI=1S/C31H37N7/c1-36(2)17-18-37-19-21-38(22-20-37)27-14-13-26-30(34-27)35-29(28(33-26)23-7-4-3-5-8-23)24-9-11-25(12-10-24)31(32)15-6-16-31/h3-5,7-14H,6,15-22,32H2,1-2H3/p+2. The molecule has 196 valence electrons. The summed E-state index contributed by atoms with van der Waals surface area (Å²) in [6.07, 6.45) is 3.59. The fourth-order valence-corrected chi connectivity index (χ4v) is 5.67. The van der Waals surface area contributed by atoms with E-state index in [2.05, 4.69) is 90.3 Å². The summed E-state index contributed by atoms with van der Waals surface area (Å²) in [5, 5.41) is 0. The molecule has 0 amide bonds. The summed E-state index contributed by atoms with van der Waals surface area (Å²) in [6.45, 7) is 6.62. The molecule has 4 N–H and O–H groups in total. The second-order valence-electron chi connectivity index (χ2n) is 11.3. The van der Waals surface area contributed by atoms with Crippen LogP contribution >= 0.6 is 0 Å². The second kappa shape index (κ2) is 10.4. The average Bonchev–Trinajstić information content (AvgIpc) is 2.94. The Labute approximate surface area is 225 Å². The lowest BCUT2D eigenvalue weighted by Crippen LogP contribution is -3.15. The number of anilines is 1. The van der Waals surface area contributed by atoms with E-state index in [-0.39, 0.29) is 5.54 Å². The van der Waals surface area contributed by atoms with E-state index in [9.17, 15) is 0 Å². The van der Waals surface area contributed by atoms with Crippen molar-refractivity contribution in [3.8, 4) is 22.5 Å². The van der Waals surface area contributed by atoms with Crippen LogP contribution in [0.3, 0.4) is 0 Å². The zero-order chi connectivity index (χ0) is 26.1. The second-order valence-corrected chi connectivity index (χ2v) is 11.3. The molecule has 0 radical (unpaired) electrons. The summed E-state index contributed by atoms with van der Waals surface area (Å²) < 4.78 is 0. The van der Waals surface area contributed by atoms with Crippen molar-refractivity contribution in [1.82, 2.24) is 19.9 Å². The van der Waals surface area contributed by atoms with E-state index in [1.807, 2.05) is 6.07 Å². The topological polar surface area (TPSA) is 77.2 Å². The smallest absolute Gasteiger partial charge is 0.180 e. The molecule has 1 saturated carbocycles. The van der Waals surface area contributed by atoms with E-state index in [4.69, 9.17) is 15.0 Å². The van der Waals surface area contributed by atoms with Gasteiger partial charge in [-0.15, -0.1) is 0 Å². The molecule has 3 heterocycles. The number of piperazine rings is 1. The summed E-state index contributed by atoms with van der Waals surface area (Å²) in [7, 11) is 4.29. The van der Waals surface area contributed by atoms with Crippen LogP contribution in [0, 0.1) is 0 Å². The van der Waals surface area contributed by atoms with Gasteiger partial charge in [-0.1, -0.05) is 54.6 Å². The van der Waals surface area contributed by atoms with Gasteiger partial charge in [0.15, 0.2) is 5.65 Å². The number of quaternary nitrogens is 2. The summed E-state index contributed by atoms with van der Waals surface area (Å²) in [5.74, 6) is 0.996. The molecule has 4 aromatic rings. The van der Waals surface area contributed by atoms with Crippen molar-refractivity contribution in [2.45, 2.75) is 24.8 Å². The summed E-state index contributed by atoms with van der Waals surface area (Å²) in [6, 6.07) is 23.4. The van der Waals surface area contributed by atoms with Crippen LogP contribution in [0.4, 0.5) is 5.82 Å². The van der Waals surface area contributed by atoms with E-state index in [1.165, 1.54) is 18.5 Å². The maximum atomic E-state index is 5.14. The molecule has 7 heteroatoms. The highest BCUT2D eigenvalue weighted by Crippen LogP contribution is 2.38. The number of benzene rings is 2. The summed E-state index contributed by atoms with van der Waals surface area (Å²) in [4.78, 5) is 21.6. The van der Waals surface area contributed by atoms with Crippen LogP contribution in [0.2, 0.25) is 0 Å². The highest BCUT2D eigenvalue weighted by molar-refractivity contribution is 5.85. The van der Waals surface area contributed by atoms with Gasteiger partial charge < -0.3 is 20.4 Å². The minimum absolute atomic E-state index is 0.0739. The maximum Gasteiger partial charge on any atom is 0.180 e. The number of nitrogens with zero attached hydrogens (tertiary/aromatic N) is 5. The van der Waals surface area contributed by atoms with Gasteiger partial charge in [0.1, 0.15) is 16.9 Å². The molecule has 0 unspecified atom stereocenters. The van der Waals surface area contributed by atoms with Gasteiger partial charge in [0.25, 0.3) is 0 Å². The van der Waals surface area contributed by atoms with E-state index in [0.717, 1.165) is 79.4 Å². The zero-order valence-electron chi connectivity index (χ0n) is 22.7. The highest BCUT2D eigenvalue weighted by Gasteiger charge is 2.38. The van der Waals surface area contributed by atoms with Crippen molar-refractivity contribution in [2.75, 3.05) is 58.3 Å². The zero-order valence-corrected chi connectivity index (χ0v) is 22.7. The Bertz CT molecular complexity index is 1390. The molecule has 38 heavy (non-hydrogen) atoms. The fourth-order valence-electron chi connectivity index (χ4n) is 5.67. The van der Waals surface area contributed by atoms with Crippen molar-refractivity contribution in [3.63, 3.8) is 0 Å². The number of hydrogen-bond acceptors (Lipinski definition) is 5. The molecular weight excluding hydrogens is 470 g/mol. The quantitative estimate of drug-likeness (QED) is 0.400. The number of aromatic nitrogens is 3. The third kappa shape index (κ3) is 5.01. The maximum absolute atomic E-state index is 5.14. The molecular formula is C31H39N7+2. The van der Waals surface area contributed by atoms with E-state index in [0.29, 0.717) is 5.65 Å². The first kappa shape index (κ1) is 24.9. The lowest BCUT2D eigenvalue weighted by Gasteiger charge is -2.34. The molecule has 7 nitrogen and oxygen atoms in total. The molecule has 2 aliphatic rings. The minimum atomic E-state index is 0.0739. The Morgan fingerprint density at radius 3 is 2.18 bits per heavy atom. The summed E-state index contributed by atoms with van der Waals surface area (Å²) in [5.41, 5.74) is 11.3. The van der Waals surface area contributed by atoms with Gasteiger partial charge in [-0.05, 0) is 32.6 Å². The lowest BCUT2D eigenvalue weighted by atomic mass is 9.72. The first-order valence-corrected chi connectivity index (χ1v) is 13.9. The Balaban J connectivity index is 1.32. The van der Waals surface area contributed by atoms with E-state index in [1.54, 1.807) is 4.90 Å². The number of nitrogens with one attached hydrogen (secondary N) is 1. The fraction of sp³-hybridized carbons (Fsp3) is 0.387. The number of pyridine rings is 1. The number of likely N-dealkylation sites (N-methyl/N-ethyl adjacent to an activating group) is 1. The van der Waals surface area contributed by atoms with Crippen LogP contribution in [-0.4, -0.2) is 73.2 Å². The lowest BCUT2D eigenvalue weighted by molar-refractivity contribution is -0.900. The van der Waals surface area contributed by atoms with Gasteiger partial charge in [0, 0.05) is 36.1 Å². The molecule has 0 atom stereocenters. The molecule has 2 aromatic heterocycles. The molecule has 0 bridgehead atoms. The van der Waals surface area contributed by atoms with Gasteiger partial charge in [-0.3, -0.25) is 0 Å². The van der Waals surface area contributed by atoms with Crippen LogP contribution in [0.25, 0.3) is 33.7 Å². The number of rotatable bonds is 7. The minimum Gasteiger partial charge on any atom is -0.349 e. The number of fused-ring (bicyclic) bond motifs is 1. The van der Waals surface area contributed by atoms with Gasteiger partial charge in [0.2, 0.25) is 0 Å². The Hall–Kier alpha value is -3.39. The SMILES string of the molecule is CN(C)CC[NH+]1CCN(c2ccc3nc(-c4ccccc4)c(-c4ccc(C5([NH3+])CCC5)cc4)nc3n2)CC1. The Morgan fingerprint density at radius 1 is 0.842 bits per heavy atom. The Kier molecular flexibility index (Phi) is 6.82. The van der Waals surface area contributed by atoms with E-state index < -0.39 is 0 Å². The van der Waals surface area contributed by atoms with Crippen molar-refractivity contribution in [1.29, 1.82) is 0 Å². The number of hydrogen-bond donors (Lipinski definition) is 2. The molecule has 2 aromatic carbocycles. The molecule has 0 spiro atoms. The first-order chi connectivity index (χ1) is 18.5. The molecule has 1 aliphatic heterocycles. The van der Waals surface area contributed by atoms with Crippen LogP contribution in [0.15, 0.2) is 66.7 Å². The predicted octanol–water partition coefficient (Wildman–Crippen LogP) is 2.25. The van der Waals surface area contributed by atoms with E-state index >= 15 is 0 Å². The van der Waals surface area contributed by atoms with Gasteiger partial charge in [-0.25, -0.2) is 15.0 Å². The van der Waals surface area contributed by atoms with Gasteiger partial charge in [-0.2, -0.15) is 0 Å². The monoisotopic (exact) mass is 509 g/mol. The molecule has 2 fully saturated rings. The average molecular weight is 510 g/mol. The van der Waals surface area contributed by atoms with Gasteiger partial charge >= 0.3 is 0 Å². The molecule has 6 rings (SSSR count). The van der Waals surface area contributed by atoms with Crippen molar-refractivity contribution in [3.05, 3.63) is 72.3 Å². The third-order valence-electron chi connectivity index (χ3n) is 8.35. The van der Waals surface area contributed by atoms with Crippen LogP contribution < -0.4 is 15.5 Å².